The van der Waals surface area contributed by atoms with Crippen molar-refractivity contribution >= 4 is 55.2 Å². The van der Waals surface area contributed by atoms with E-state index in [9.17, 15) is 4.79 Å². The summed E-state index contributed by atoms with van der Waals surface area (Å²) in [6.45, 7) is 1.98. The molecule has 0 rings (SSSR count). The zero-order valence-corrected chi connectivity index (χ0v) is 5.46. The van der Waals surface area contributed by atoms with Gasteiger partial charge in [-0.25, -0.2) is 0 Å². The van der Waals surface area contributed by atoms with Crippen LogP contribution in [-0.4, -0.2) is 55.2 Å². The molecule has 0 radical (unpaired) electrons. The van der Waals surface area contributed by atoms with E-state index in [2.05, 4.69) is 0 Å². The Morgan fingerprint density at radius 1 is 1.57 bits per heavy atom. The van der Waals surface area contributed by atoms with Gasteiger partial charge in [-0.3, -0.25) is 0 Å². The number of hydrogen-bond acceptors (Lipinski definition) is 1. The van der Waals surface area contributed by atoms with Crippen molar-refractivity contribution in [2.75, 3.05) is 0 Å². The summed E-state index contributed by atoms with van der Waals surface area (Å²) < 4.78 is 0. The Morgan fingerprint density at radius 2 is 2.00 bits per heavy atom. The summed E-state index contributed by atoms with van der Waals surface area (Å²) in [5, 5.41) is 0. The van der Waals surface area contributed by atoms with Crippen molar-refractivity contribution in [2.45, 2.75) is 19.8 Å². The summed E-state index contributed by atoms with van der Waals surface area (Å²) in [6, 6.07) is 0. The first-order valence-electron chi connectivity index (χ1n) is 1.85. The van der Waals surface area contributed by atoms with Gasteiger partial charge in [-0.05, 0) is 6.42 Å². The third-order valence-electron chi connectivity index (χ3n) is 0.407. The van der Waals surface area contributed by atoms with Gasteiger partial charge in [-0.1, -0.05) is 6.92 Å². The largest absolute Gasteiger partial charge is 0 e. The fourth-order valence-electron chi connectivity index (χ4n) is 0.118. The number of aldehydes is 1. The second kappa shape index (κ2) is 15.7. The van der Waals surface area contributed by atoms with Crippen molar-refractivity contribution < 1.29 is 26.5 Å². The molecule has 0 heterocycles. The predicted molar refractivity (Wildman–Crippen MR) is 29.5 cm³/mol. The van der Waals surface area contributed by atoms with Gasteiger partial charge in [-0.15, -0.1) is 0 Å². The standard InChI is InChI=1S/C4H8O.Ba.Ti.2H/c1-2-3-4-5;;;;/h4H,2-3H2,1H3;;;;. The molecule has 0 spiro atoms. The summed E-state index contributed by atoms with van der Waals surface area (Å²) in [4.78, 5) is 9.40. The molecule has 0 aromatic rings. The summed E-state index contributed by atoms with van der Waals surface area (Å²) in [6.07, 6.45) is 2.61. The van der Waals surface area contributed by atoms with Gasteiger partial charge in [0.1, 0.15) is 6.29 Å². The van der Waals surface area contributed by atoms with Crippen LogP contribution in [0.15, 0.2) is 0 Å². The molecule has 0 atom stereocenters. The first kappa shape index (κ1) is 16.0. The van der Waals surface area contributed by atoms with Crippen LogP contribution in [-0.2, 0) is 26.5 Å². The van der Waals surface area contributed by atoms with E-state index in [1.54, 1.807) is 0 Å². The van der Waals surface area contributed by atoms with Gasteiger partial charge < -0.3 is 4.79 Å². The van der Waals surface area contributed by atoms with E-state index in [0.29, 0.717) is 6.42 Å². The molecule has 7 heavy (non-hydrogen) atoms. The molecule has 0 saturated carbocycles. The van der Waals surface area contributed by atoms with Crippen molar-refractivity contribution in [2.24, 2.45) is 0 Å². The van der Waals surface area contributed by atoms with Crippen LogP contribution in [0.2, 0.25) is 0 Å². The first-order chi connectivity index (χ1) is 2.41. The van der Waals surface area contributed by atoms with Crippen molar-refractivity contribution in [1.29, 1.82) is 0 Å². The topological polar surface area (TPSA) is 17.1 Å². The zero-order valence-electron chi connectivity index (χ0n) is 3.90. The van der Waals surface area contributed by atoms with Gasteiger partial charge in [0.15, 0.2) is 0 Å². The van der Waals surface area contributed by atoms with E-state index in [1.165, 1.54) is 0 Å². The quantitative estimate of drug-likeness (QED) is 0.506. The Balaban J connectivity index is -0.0000000800. The van der Waals surface area contributed by atoms with Gasteiger partial charge in [-0.2, -0.15) is 0 Å². The zero-order chi connectivity index (χ0) is 4.12. The Morgan fingerprint density at radius 3 is 2.00 bits per heavy atom. The molecule has 0 aliphatic heterocycles. The summed E-state index contributed by atoms with van der Waals surface area (Å²) >= 11 is 0. The molecule has 0 bridgehead atoms. The number of rotatable bonds is 2. The minimum absolute atomic E-state index is 0. The van der Waals surface area contributed by atoms with Crippen LogP contribution in [0.3, 0.4) is 0 Å². The monoisotopic (exact) mass is 260 g/mol. The Labute approximate surface area is 99.6 Å². The maximum atomic E-state index is 9.40. The third kappa shape index (κ3) is 18.0. The van der Waals surface area contributed by atoms with Gasteiger partial charge in [0, 0.05) is 28.1 Å². The maximum Gasteiger partial charge on any atom is 0 e. The molecule has 3 heteroatoms. The summed E-state index contributed by atoms with van der Waals surface area (Å²) in [7, 11) is 0. The second-order valence-corrected chi connectivity index (χ2v) is 0.955. The molecule has 0 aromatic heterocycles. The van der Waals surface area contributed by atoms with Crippen LogP contribution in [0.1, 0.15) is 19.8 Å². The maximum absolute atomic E-state index is 9.40. The smallest absolute Gasteiger partial charge is 0 e. The van der Waals surface area contributed by atoms with E-state index >= 15 is 0 Å². The predicted octanol–water partition coefficient (Wildman–Crippen LogP) is 0.0667. The SMILES string of the molecule is CCCC=O.[BaH2].[Ti]. The molecular weight excluding hydrogens is 249 g/mol. The van der Waals surface area contributed by atoms with Crippen molar-refractivity contribution in [1.82, 2.24) is 0 Å². The van der Waals surface area contributed by atoms with Crippen LogP contribution >= 0.6 is 0 Å². The number of hydrogen-bond donors (Lipinski definition) is 0. The molecule has 0 aliphatic rings. The Hall–Kier alpha value is 1.96. The molecule has 1 nitrogen and oxygen atoms in total. The number of carbonyl (C=O) groups excluding carboxylic acids is 1. The molecule has 38 valence electrons. The van der Waals surface area contributed by atoms with Crippen LogP contribution in [0.25, 0.3) is 0 Å². The minimum Gasteiger partial charge on any atom is 0 e. The van der Waals surface area contributed by atoms with Gasteiger partial charge in [0.2, 0.25) is 0 Å². The molecule has 0 unspecified atom stereocenters. The van der Waals surface area contributed by atoms with E-state index in [-0.39, 0.29) is 70.6 Å². The summed E-state index contributed by atoms with van der Waals surface area (Å²) in [5.41, 5.74) is 0. The molecule has 0 N–H and O–H groups in total. The Bertz CT molecular complexity index is 32.9. The van der Waals surface area contributed by atoms with Gasteiger partial charge in [0.25, 0.3) is 0 Å². The molecule has 0 aromatic carbocycles. The van der Waals surface area contributed by atoms with Crippen molar-refractivity contribution in [3.05, 3.63) is 0 Å². The van der Waals surface area contributed by atoms with Crippen LogP contribution in [0.5, 0.6) is 0 Å². The summed E-state index contributed by atoms with van der Waals surface area (Å²) in [5.74, 6) is 0. The third-order valence-corrected chi connectivity index (χ3v) is 0.407. The fourth-order valence-corrected chi connectivity index (χ4v) is 0.118. The van der Waals surface area contributed by atoms with E-state index in [4.69, 9.17) is 0 Å². The number of carbonyl (C=O) groups is 1. The molecule has 0 amide bonds. The number of unbranched alkanes of at least 4 members (excludes halogenated alkanes) is 1. The van der Waals surface area contributed by atoms with Crippen molar-refractivity contribution in [3.8, 4) is 0 Å². The van der Waals surface area contributed by atoms with Gasteiger partial charge >= 0.3 is 48.9 Å². The molecule has 0 aliphatic carbocycles. The normalized spacial score (nSPS) is 5.29. The minimum atomic E-state index is 0. The van der Waals surface area contributed by atoms with Gasteiger partial charge in [0.05, 0.1) is 0 Å². The average Bonchev–Trinajstić information content (AvgIpc) is 1.41. The molecule has 0 saturated heterocycles. The molecular formula is C4H10BaOTi. The van der Waals surface area contributed by atoms with Crippen LogP contribution < -0.4 is 0 Å². The van der Waals surface area contributed by atoms with E-state index in [0.717, 1.165) is 12.7 Å². The van der Waals surface area contributed by atoms with Crippen molar-refractivity contribution in [3.63, 3.8) is 0 Å². The van der Waals surface area contributed by atoms with Crippen LogP contribution in [0.4, 0.5) is 0 Å². The average molecular weight is 259 g/mol. The van der Waals surface area contributed by atoms with E-state index < -0.39 is 0 Å². The second-order valence-electron chi connectivity index (χ2n) is 0.955. The van der Waals surface area contributed by atoms with Crippen LogP contribution in [0, 0.1) is 0 Å². The first-order valence-corrected chi connectivity index (χ1v) is 1.85. The van der Waals surface area contributed by atoms with E-state index in [1.807, 2.05) is 6.92 Å². The molecule has 0 fully saturated rings. The Kier molecular flexibility index (Phi) is 35.8. The fraction of sp³-hybridized carbons (Fsp3) is 0.750.